The molecule has 0 aliphatic heterocycles. The highest BCUT2D eigenvalue weighted by atomic mass is 79.9. The molecule has 1 aromatic carbocycles. The van der Waals surface area contributed by atoms with Crippen LogP contribution in [0.25, 0.3) is 5.69 Å². The van der Waals surface area contributed by atoms with Gasteiger partial charge in [0.25, 0.3) is 0 Å². The molecule has 2 rings (SSSR count). The van der Waals surface area contributed by atoms with Crippen molar-refractivity contribution in [2.24, 2.45) is 0 Å². The van der Waals surface area contributed by atoms with E-state index in [0.29, 0.717) is 0 Å². The van der Waals surface area contributed by atoms with Gasteiger partial charge >= 0.3 is 0 Å². The fraction of sp³-hybridized carbons (Fsp3) is 0.200. The van der Waals surface area contributed by atoms with Gasteiger partial charge in [0.05, 0.1) is 17.6 Å². The monoisotopic (exact) mass is 329 g/mol. The molecular weight excluding hydrogens is 322 g/mol. The Balaban J connectivity index is 2.25. The van der Waals surface area contributed by atoms with Crippen LogP contribution < -0.4 is 0 Å². The van der Waals surface area contributed by atoms with Crippen molar-refractivity contribution in [3.63, 3.8) is 0 Å². The van der Waals surface area contributed by atoms with Gasteiger partial charge in [-0.25, -0.2) is 4.68 Å². The first-order chi connectivity index (χ1) is 7.29. The first-order valence-corrected chi connectivity index (χ1v) is 6.44. The Morgan fingerprint density at radius 2 is 1.93 bits per heavy atom. The fourth-order valence-corrected chi connectivity index (χ4v) is 1.90. The minimum Gasteiger partial charge on any atom is -0.220 e. The Labute approximate surface area is 105 Å². The van der Waals surface area contributed by atoms with E-state index in [-0.39, 0.29) is 0 Å². The molecule has 0 fully saturated rings. The van der Waals surface area contributed by atoms with E-state index in [1.165, 1.54) is 0 Å². The first-order valence-electron chi connectivity index (χ1n) is 4.53. The molecule has 0 spiro atoms. The standard InChI is InChI=1S/C10H9Br2N3/c11-6-5-9-7-15(14-13-9)10-3-1-8(12)2-4-10/h1-4,7H,5-6H2. The molecule has 3 nitrogen and oxygen atoms in total. The van der Waals surface area contributed by atoms with E-state index >= 15 is 0 Å². The van der Waals surface area contributed by atoms with Crippen molar-refractivity contribution in [3.8, 4) is 5.69 Å². The Bertz CT molecular complexity index is 436. The maximum atomic E-state index is 4.08. The zero-order valence-electron chi connectivity index (χ0n) is 7.90. The van der Waals surface area contributed by atoms with Gasteiger partial charge in [-0.15, -0.1) is 5.10 Å². The van der Waals surface area contributed by atoms with Crippen LogP contribution in [0.1, 0.15) is 5.69 Å². The molecule has 0 aliphatic rings. The first kappa shape index (κ1) is 10.8. The van der Waals surface area contributed by atoms with Crippen LogP contribution in [0.5, 0.6) is 0 Å². The maximum absolute atomic E-state index is 4.08. The summed E-state index contributed by atoms with van der Waals surface area (Å²) in [6, 6.07) is 7.97. The number of hydrogen-bond donors (Lipinski definition) is 0. The van der Waals surface area contributed by atoms with Crippen LogP contribution in [-0.4, -0.2) is 20.3 Å². The van der Waals surface area contributed by atoms with Gasteiger partial charge in [0.15, 0.2) is 0 Å². The number of alkyl halides is 1. The zero-order chi connectivity index (χ0) is 10.7. The van der Waals surface area contributed by atoms with Gasteiger partial charge in [-0.2, -0.15) is 0 Å². The molecule has 0 saturated carbocycles. The van der Waals surface area contributed by atoms with Crippen LogP contribution in [0, 0.1) is 0 Å². The van der Waals surface area contributed by atoms with E-state index in [0.717, 1.165) is 27.6 Å². The number of aryl methyl sites for hydroxylation is 1. The van der Waals surface area contributed by atoms with Gasteiger partial charge in [0, 0.05) is 16.2 Å². The molecule has 0 bridgehead atoms. The minimum atomic E-state index is 0.899. The molecular formula is C10H9Br2N3. The summed E-state index contributed by atoms with van der Waals surface area (Å²) in [5.41, 5.74) is 2.02. The van der Waals surface area contributed by atoms with Crippen LogP contribution >= 0.6 is 31.9 Å². The van der Waals surface area contributed by atoms with Crippen LogP contribution in [-0.2, 0) is 6.42 Å². The lowest BCUT2D eigenvalue weighted by Crippen LogP contribution is -1.93. The van der Waals surface area contributed by atoms with Crippen LogP contribution in [0.15, 0.2) is 34.9 Å². The van der Waals surface area contributed by atoms with Gasteiger partial charge in [-0.1, -0.05) is 37.1 Å². The molecule has 0 atom stereocenters. The average Bonchev–Trinajstić information content (AvgIpc) is 2.68. The molecule has 0 unspecified atom stereocenters. The van der Waals surface area contributed by atoms with E-state index in [1.807, 2.05) is 30.5 Å². The molecule has 1 heterocycles. The summed E-state index contributed by atoms with van der Waals surface area (Å²) < 4.78 is 2.84. The molecule has 5 heteroatoms. The highest BCUT2D eigenvalue weighted by molar-refractivity contribution is 9.10. The zero-order valence-corrected chi connectivity index (χ0v) is 11.1. The smallest absolute Gasteiger partial charge is 0.0840 e. The molecule has 0 amide bonds. The van der Waals surface area contributed by atoms with Crippen molar-refractivity contribution in [2.75, 3.05) is 5.33 Å². The van der Waals surface area contributed by atoms with E-state index in [4.69, 9.17) is 0 Å². The third kappa shape index (κ3) is 2.66. The van der Waals surface area contributed by atoms with Crippen molar-refractivity contribution in [3.05, 3.63) is 40.6 Å². The Morgan fingerprint density at radius 1 is 1.20 bits per heavy atom. The normalized spacial score (nSPS) is 10.5. The highest BCUT2D eigenvalue weighted by Gasteiger charge is 2.01. The SMILES string of the molecule is BrCCc1cn(-c2ccc(Br)cc2)nn1. The maximum Gasteiger partial charge on any atom is 0.0840 e. The minimum absolute atomic E-state index is 0.899. The van der Waals surface area contributed by atoms with E-state index < -0.39 is 0 Å². The molecule has 78 valence electrons. The Hall–Kier alpha value is -0.680. The molecule has 0 saturated heterocycles. The molecule has 1 aromatic heterocycles. The van der Waals surface area contributed by atoms with Crippen LogP contribution in [0.3, 0.4) is 0 Å². The van der Waals surface area contributed by atoms with Gasteiger partial charge in [-0.3, -0.25) is 0 Å². The predicted octanol–water partition coefficient (Wildman–Crippen LogP) is 2.97. The van der Waals surface area contributed by atoms with Crippen molar-refractivity contribution in [1.29, 1.82) is 0 Å². The van der Waals surface area contributed by atoms with Crippen molar-refractivity contribution in [2.45, 2.75) is 6.42 Å². The Kier molecular flexibility index (Phi) is 3.53. The summed E-state index contributed by atoms with van der Waals surface area (Å²) in [5.74, 6) is 0. The second-order valence-electron chi connectivity index (χ2n) is 3.07. The van der Waals surface area contributed by atoms with E-state index in [2.05, 4.69) is 42.2 Å². The van der Waals surface area contributed by atoms with Gasteiger partial charge in [-0.05, 0) is 24.3 Å². The highest BCUT2D eigenvalue weighted by Crippen LogP contribution is 2.13. The number of aromatic nitrogens is 3. The van der Waals surface area contributed by atoms with Crippen LogP contribution in [0.4, 0.5) is 0 Å². The molecule has 0 aliphatic carbocycles. The van der Waals surface area contributed by atoms with Gasteiger partial charge in [0.2, 0.25) is 0 Å². The number of hydrogen-bond acceptors (Lipinski definition) is 2. The largest absolute Gasteiger partial charge is 0.220 e. The number of rotatable bonds is 3. The van der Waals surface area contributed by atoms with Crippen molar-refractivity contribution >= 4 is 31.9 Å². The quantitative estimate of drug-likeness (QED) is 0.810. The number of benzene rings is 1. The summed E-state index contributed by atoms with van der Waals surface area (Å²) in [7, 11) is 0. The third-order valence-electron chi connectivity index (χ3n) is 1.98. The lowest BCUT2D eigenvalue weighted by molar-refractivity contribution is 0.798. The topological polar surface area (TPSA) is 30.7 Å². The average molecular weight is 331 g/mol. The summed E-state index contributed by atoms with van der Waals surface area (Å²) >= 11 is 6.77. The fourth-order valence-electron chi connectivity index (χ4n) is 1.23. The molecule has 0 N–H and O–H groups in total. The lowest BCUT2D eigenvalue weighted by atomic mass is 10.3. The van der Waals surface area contributed by atoms with Crippen LogP contribution in [0.2, 0.25) is 0 Å². The van der Waals surface area contributed by atoms with Gasteiger partial charge < -0.3 is 0 Å². The van der Waals surface area contributed by atoms with Crippen molar-refractivity contribution < 1.29 is 0 Å². The third-order valence-corrected chi connectivity index (χ3v) is 2.91. The number of nitrogens with zero attached hydrogens (tertiary/aromatic N) is 3. The van der Waals surface area contributed by atoms with E-state index in [1.54, 1.807) is 4.68 Å². The lowest BCUT2D eigenvalue weighted by Gasteiger charge is -1.98. The molecule has 0 radical (unpaired) electrons. The summed E-state index contributed by atoms with van der Waals surface area (Å²) in [6.07, 6.45) is 2.85. The number of halogens is 2. The molecule has 2 aromatic rings. The predicted molar refractivity (Wildman–Crippen MR) is 66.6 cm³/mol. The second kappa shape index (κ2) is 4.90. The summed E-state index contributed by atoms with van der Waals surface area (Å²) in [4.78, 5) is 0. The summed E-state index contributed by atoms with van der Waals surface area (Å²) in [6.45, 7) is 0. The van der Waals surface area contributed by atoms with Gasteiger partial charge in [0.1, 0.15) is 0 Å². The summed E-state index contributed by atoms with van der Waals surface area (Å²) in [5, 5.41) is 9.05. The molecule has 15 heavy (non-hydrogen) atoms. The van der Waals surface area contributed by atoms with E-state index in [9.17, 15) is 0 Å². The second-order valence-corrected chi connectivity index (χ2v) is 4.78. The Morgan fingerprint density at radius 3 is 2.60 bits per heavy atom. The van der Waals surface area contributed by atoms with Crippen molar-refractivity contribution in [1.82, 2.24) is 15.0 Å².